The minimum absolute atomic E-state index is 0.118. The van der Waals surface area contributed by atoms with Crippen molar-refractivity contribution in [2.75, 3.05) is 20.6 Å². The van der Waals surface area contributed by atoms with Crippen LogP contribution in [-0.2, 0) is 24.6 Å². The number of rotatable bonds is 10. The van der Waals surface area contributed by atoms with Crippen molar-refractivity contribution < 1.29 is 27.6 Å². The second-order valence-electron chi connectivity index (χ2n) is 13.0. The van der Waals surface area contributed by atoms with Gasteiger partial charge in [-0.05, 0) is 55.6 Å². The Labute approximate surface area is 256 Å². The number of hydrogen-bond acceptors (Lipinski definition) is 8. The molecule has 0 unspecified atom stereocenters. The van der Waals surface area contributed by atoms with E-state index < -0.39 is 51.5 Å². The first kappa shape index (κ1) is 31.5. The fourth-order valence-electron chi connectivity index (χ4n) is 6.41. The predicted molar refractivity (Wildman–Crippen MR) is 162 cm³/mol. The van der Waals surface area contributed by atoms with E-state index >= 15 is 0 Å². The quantitative estimate of drug-likeness (QED) is 0.336. The van der Waals surface area contributed by atoms with Gasteiger partial charge in [0.15, 0.2) is 5.01 Å². The van der Waals surface area contributed by atoms with Crippen molar-refractivity contribution in [3.05, 3.63) is 29.3 Å². The monoisotopic (exact) mass is 632 g/mol. The largest absolute Gasteiger partial charge is 0.356 e. The zero-order valence-electron chi connectivity index (χ0n) is 25.1. The molecular formula is C29H40N6O6S2. The summed E-state index contributed by atoms with van der Waals surface area (Å²) in [6.07, 6.45) is 2.76. The molecule has 6 atom stereocenters. The lowest BCUT2D eigenvalue weighted by Crippen LogP contribution is -2.62. The van der Waals surface area contributed by atoms with Crippen molar-refractivity contribution in [1.29, 1.82) is 0 Å². The lowest BCUT2D eigenvalue weighted by atomic mass is 9.85. The molecule has 2 saturated heterocycles. The van der Waals surface area contributed by atoms with Crippen molar-refractivity contribution in [2.45, 2.75) is 77.0 Å². The first-order chi connectivity index (χ1) is 20.2. The lowest BCUT2D eigenvalue weighted by molar-refractivity contribution is -0.146. The number of fused-ring (bicyclic) bond motifs is 3. The molecule has 3 fully saturated rings. The van der Waals surface area contributed by atoms with Crippen LogP contribution in [0.1, 0.15) is 62.7 Å². The van der Waals surface area contributed by atoms with Gasteiger partial charge in [0.2, 0.25) is 23.5 Å². The van der Waals surface area contributed by atoms with Gasteiger partial charge in [0.25, 0.3) is 10.2 Å². The number of benzene rings is 1. The summed E-state index contributed by atoms with van der Waals surface area (Å²) in [7, 11) is -1.18. The van der Waals surface area contributed by atoms with E-state index in [2.05, 4.69) is 20.3 Å². The van der Waals surface area contributed by atoms with Gasteiger partial charge in [-0.25, -0.2) is 4.98 Å². The number of hydrogen-bond donors (Lipinski definition) is 3. The highest BCUT2D eigenvalue weighted by Gasteiger charge is 2.54. The number of ketones is 1. The van der Waals surface area contributed by atoms with E-state index in [1.165, 1.54) is 25.4 Å². The van der Waals surface area contributed by atoms with Crippen LogP contribution in [0.25, 0.3) is 10.2 Å². The van der Waals surface area contributed by atoms with Crippen LogP contribution in [0.2, 0.25) is 0 Å². The summed E-state index contributed by atoms with van der Waals surface area (Å²) in [6, 6.07) is 4.19. The number of nitrogens with one attached hydrogen (secondary N) is 3. The minimum atomic E-state index is -3.95. The number of para-hydroxylation sites is 1. The average molecular weight is 633 g/mol. The van der Waals surface area contributed by atoms with E-state index in [9.17, 15) is 27.6 Å². The number of nitrogens with zero attached hydrogens (tertiary/aromatic N) is 3. The number of aromatic nitrogens is 1. The van der Waals surface area contributed by atoms with Crippen molar-refractivity contribution in [2.24, 2.45) is 17.3 Å². The number of carbonyl (C=O) groups is 4. The normalized spacial score (nSPS) is 25.3. The molecule has 3 N–H and O–H groups in total. The van der Waals surface area contributed by atoms with Gasteiger partial charge < -0.3 is 15.5 Å². The van der Waals surface area contributed by atoms with Gasteiger partial charge in [0, 0.05) is 32.6 Å². The van der Waals surface area contributed by atoms with Crippen LogP contribution in [-0.4, -0.2) is 90.9 Å². The molecule has 1 aromatic carbocycles. The van der Waals surface area contributed by atoms with Crippen LogP contribution < -0.4 is 15.4 Å². The molecule has 43 heavy (non-hydrogen) atoms. The topological polar surface area (TPSA) is 158 Å². The molecule has 2 aliphatic heterocycles. The Bertz CT molecular complexity index is 1500. The molecule has 1 aromatic heterocycles. The summed E-state index contributed by atoms with van der Waals surface area (Å²) in [5.74, 6) is -2.02. The Balaban J connectivity index is 1.43. The molecule has 0 spiro atoms. The van der Waals surface area contributed by atoms with E-state index in [4.69, 9.17) is 0 Å². The highest BCUT2D eigenvalue weighted by Crippen LogP contribution is 2.44. The molecule has 2 bridgehead atoms. The molecule has 2 aromatic rings. The van der Waals surface area contributed by atoms with Crippen LogP contribution in [0.4, 0.5) is 0 Å². The molecule has 0 radical (unpaired) electrons. The maximum absolute atomic E-state index is 14.1. The number of likely N-dealkylation sites (tertiary alicyclic amines) is 1. The molecule has 12 nitrogen and oxygen atoms in total. The Morgan fingerprint density at radius 3 is 2.51 bits per heavy atom. The van der Waals surface area contributed by atoms with E-state index in [0.29, 0.717) is 31.3 Å². The highest BCUT2D eigenvalue weighted by molar-refractivity contribution is 7.87. The van der Waals surface area contributed by atoms with E-state index in [1.54, 1.807) is 25.7 Å². The summed E-state index contributed by atoms with van der Waals surface area (Å²) in [4.78, 5) is 60.5. The Morgan fingerprint density at radius 1 is 1.16 bits per heavy atom. The summed E-state index contributed by atoms with van der Waals surface area (Å²) in [5.41, 5.74) is -0.109. The van der Waals surface area contributed by atoms with Crippen molar-refractivity contribution in [3.63, 3.8) is 0 Å². The van der Waals surface area contributed by atoms with E-state index in [0.717, 1.165) is 15.4 Å². The third-order valence-corrected chi connectivity index (χ3v) is 11.3. The van der Waals surface area contributed by atoms with Crippen LogP contribution in [0.5, 0.6) is 0 Å². The number of piperidine rings is 1. The SMILES string of the molecule is CN(C)S(=O)(=O)N[C@H](C(=O)N1[C@@H]2CC[C@@H](C2)[C@H]1C(=O)N[C@@H](C[C@@H]1CCNC1=O)C(=O)c1nc2ccccc2s1)C(C)(C)C. The van der Waals surface area contributed by atoms with Crippen molar-refractivity contribution in [3.8, 4) is 0 Å². The fourth-order valence-corrected chi connectivity index (χ4v) is 8.34. The molecule has 3 aliphatic rings. The number of thiazole rings is 1. The molecular weight excluding hydrogens is 592 g/mol. The second-order valence-corrected chi connectivity index (χ2v) is 16.0. The lowest BCUT2D eigenvalue weighted by Gasteiger charge is -2.40. The van der Waals surface area contributed by atoms with Gasteiger partial charge in [-0.15, -0.1) is 11.3 Å². The van der Waals surface area contributed by atoms with Crippen molar-refractivity contribution >= 4 is 55.3 Å². The van der Waals surface area contributed by atoms with Crippen LogP contribution >= 0.6 is 11.3 Å². The van der Waals surface area contributed by atoms with Gasteiger partial charge in [-0.2, -0.15) is 17.4 Å². The van der Waals surface area contributed by atoms with E-state index in [1.807, 2.05) is 24.3 Å². The standard InChI is InChI=1S/C29H40N6O6S2/c1-29(2,3)24(33-43(40,41)34(4)5)28(39)35-18-11-10-16(14-18)22(35)26(38)31-20(15-17-12-13-30-25(17)37)23(36)27-32-19-8-6-7-9-21(19)42-27/h6-9,16-18,20,22,24,33H,10-15H2,1-5H3,(H,30,37)(H,31,38)/t16-,17-,18+,20-,22-,24+/m0/s1. The van der Waals surface area contributed by atoms with Crippen LogP contribution in [0, 0.1) is 17.3 Å². The zero-order chi connectivity index (χ0) is 31.3. The zero-order valence-corrected chi connectivity index (χ0v) is 26.8. The van der Waals surface area contributed by atoms with Gasteiger partial charge in [-0.3, -0.25) is 19.2 Å². The maximum atomic E-state index is 14.1. The molecule has 3 heterocycles. The maximum Gasteiger partial charge on any atom is 0.279 e. The Kier molecular flexibility index (Phi) is 8.69. The molecule has 1 aliphatic carbocycles. The second kappa shape index (κ2) is 11.9. The van der Waals surface area contributed by atoms with E-state index in [-0.39, 0.29) is 35.1 Å². The Hall–Kier alpha value is -2.94. The summed E-state index contributed by atoms with van der Waals surface area (Å²) in [6.45, 7) is 5.83. The third-order valence-electron chi connectivity index (χ3n) is 8.79. The number of carbonyl (C=O) groups excluding carboxylic acids is 4. The first-order valence-electron chi connectivity index (χ1n) is 14.7. The Morgan fingerprint density at radius 2 is 1.88 bits per heavy atom. The predicted octanol–water partition coefficient (Wildman–Crippen LogP) is 1.68. The summed E-state index contributed by atoms with van der Waals surface area (Å²) >= 11 is 1.24. The first-order valence-corrected chi connectivity index (χ1v) is 16.9. The smallest absolute Gasteiger partial charge is 0.279 e. The highest BCUT2D eigenvalue weighted by atomic mass is 32.2. The van der Waals surface area contributed by atoms with Gasteiger partial charge in [-0.1, -0.05) is 32.9 Å². The summed E-state index contributed by atoms with van der Waals surface area (Å²) < 4.78 is 30.0. The van der Waals surface area contributed by atoms with Crippen molar-refractivity contribution in [1.82, 2.24) is 29.5 Å². The molecule has 1 saturated carbocycles. The van der Waals surface area contributed by atoms with Crippen LogP contribution in [0.3, 0.4) is 0 Å². The van der Waals surface area contributed by atoms with Crippen LogP contribution in [0.15, 0.2) is 24.3 Å². The molecule has 14 heteroatoms. The van der Waals surface area contributed by atoms with Gasteiger partial charge in [0.05, 0.1) is 16.3 Å². The molecule has 3 amide bonds. The average Bonchev–Trinajstić information content (AvgIpc) is 3.73. The van der Waals surface area contributed by atoms with Gasteiger partial charge in [0.1, 0.15) is 12.1 Å². The summed E-state index contributed by atoms with van der Waals surface area (Å²) in [5, 5.41) is 5.96. The number of amides is 3. The third kappa shape index (κ3) is 6.33. The minimum Gasteiger partial charge on any atom is -0.356 e. The molecule has 5 rings (SSSR count). The van der Waals surface area contributed by atoms with Gasteiger partial charge >= 0.3 is 0 Å². The fraction of sp³-hybridized carbons (Fsp3) is 0.621. The number of Topliss-reactive ketones (excluding diaryl/α,β-unsaturated/α-hetero) is 1. The molecule has 234 valence electrons.